The van der Waals surface area contributed by atoms with Gasteiger partial charge in [-0.05, 0) is 12.1 Å². The fraction of sp³-hybridized carbons (Fsp3) is 0.455. The van der Waals surface area contributed by atoms with Crippen LogP contribution in [0.15, 0.2) is 18.2 Å². The van der Waals surface area contributed by atoms with Gasteiger partial charge in [-0.25, -0.2) is 13.6 Å². The van der Waals surface area contributed by atoms with Crippen molar-refractivity contribution >= 4 is 33.2 Å². The number of hydrogen-bond acceptors (Lipinski definition) is 4. The van der Waals surface area contributed by atoms with Crippen molar-refractivity contribution in [3.05, 3.63) is 33.8 Å². The first kappa shape index (κ1) is 15.0. The second-order valence-corrected chi connectivity index (χ2v) is 7.30. The van der Waals surface area contributed by atoms with Gasteiger partial charge in [0, 0.05) is 35.2 Å². The van der Waals surface area contributed by atoms with Crippen molar-refractivity contribution in [2.45, 2.75) is 11.4 Å². The van der Waals surface area contributed by atoms with Crippen LogP contribution in [0, 0.1) is 0 Å². The molecule has 0 bridgehead atoms. The van der Waals surface area contributed by atoms with Gasteiger partial charge in [0.15, 0.2) is 0 Å². The minimum absolute atomic E-state index is 0.313. The van der Waals surface area contributed by atoms with Crippen LogP contribution in [0.4, 0.5) is 0 Å². The number of likely N-dealkylation sites (tertiary alicyclic amines) is 1. The molecule has 1 aromatic rings. The highest BCUT2D eigenvalue weighted by Crippen LogP contribution is 2.28. The van der Waals surface area contributed by atoms with E-state index in [1.165, 1.54) is 0 Å². The van der Waals surface area contributed by atoms with Crippen LogP contribution in [0.25, 0.3) is 0 Å². The van der Waals surface area contributed by atoms with Gasteiger partial charge >= 0.3 is 0 Å². The normalized spacial score (nSPS) is 19.2. The minimum Gasteiger partial charge on any atom is -0.387 e. The Balaban J connectivity index is 1.94. The van der Waals surface area contributed by atoms with E-state index in [0.29, 0.717) is 35.2 Å². The number of nitrogens with zero attached hydrogens (tertiary/aromatic N) is 1. The lowest BCUT2D eigenvalue weighted by Gasteiger charge is -2.38. The van der Waals surface area contributed by atoms with E-state index in [-0.39, 0.29) is 0 Å². The highest BCUT2D eigenvalue weighted by atomic mass is 35.5. The third-order valence-electron chi connectivity index (χ3n) is 3.14. The van der Waals surface area contributed by atoms with E-state index in [1.54, 1.807) is 18.2 Å². The summed E-state index contributed by atoms with van der Waals surface area (Å²) in [5, 5.41) is 15.4. The van der Waals surface area contributed by atoms with Crippen LogP contribution >= 0.6 is 23.2 Å². The van der Waals surface area contributed by atoms with Crippen molar-refractivity contribution in [1.29, 1.82) is 0 Å². The van der Waals surface area contributed by atoms with Crippen molar-refractivity contribution in [1.82, 2.24) is 4.90 Å². The first-order valence-corrected chi connectivity index (χ1v) is 8.01. The minimum atomic E-state index is -3.48. The summed E-state index contributed by atoms with van der Waals surface area (Å²) in [7, 11) is -3.48. The predicted molar refractivity (Wildman–Crippen MR) is 74.8 cm³/mol. The number of nitrogens with two attached hydrogens (primary N) is 1. The van der Waals surface area contributed by atoms with Gasteiger partial charge in [-0.3, -0.25) is 4.90 Å². The van der Waals surface area contributed by atoms with Gasteiger partial charge in [0.1, 0.15) is 5.25 Å². The molecule has 1 aromatic carbocycles. The fourth-order valence-corrected chi connectivity index (χ4v) is 3.37. The second-order valence-electron chi connectivity index (χ2n) is 4.61. The number of hydrogen-bond donors (Lipinski definition) is 2. The molecule has 8 heteroatoms. The maximum absolute atomic E-state index is 11.1. The number of rotatable bonds is 4. The Hall–Kier alpha value is -0.370. The largest absolute Gasteiger partial charge is 0.387 e. The molecule has 0 aromatic heterocycles. The van der Waals surface area contributed by atoms with E-state index >= 15 is 0 Å². The second kappa shape index (κ2) is 5.55. The molecular formula is C11H14Cl2N2O3S. The third-order valence-corrected chi connectivity index (χ3v) is 4.93. The van der Waals surface area contributed by atoms with E-state index in [0.717, 1.165) is 0 Å². The molecule has 2 rings (SSSR count). The van der Waals surface area contributed by atoms with Crippen LogP contribution < -0.4 is 5.14 Å². The molecule has 0 spiro atoms. The maximum atomic E-state index is 11.1. The van der Waals surface area contributed by atoms with Crippen LogP contribution in [0.1, 0.15) is 11.7 Å². The van der Waals surface area contributed by atoms with E-state index in [9.17, 15) is 13.5 Å². The number of sulfonamides is 1. The molecule has 1 atom stereocenters. The molecule has 0 aliphatic carbocycles. The lowest BCUT2D eigenvalue weighted by molar-refractivity contribution is 0.0808. The first-order chi connectivity index (χ1) is 8.77. The molecule has 0 amide bonds. The van der Waals surface area contributed by atoms with Crippen molar-refractivity contribution in [3.63, 3.8) is 0 Å². The predicted octanol–water partition coefficient (Wildman–Crippen LogP) is 1.000. The Bertz CT molecular complexity index is 573. The summed E-state index contributed by atoms with van der Waals surface area (Å²) in [5.74, 6) is 0. The van der Waals surface area contributed by atoms with Gasteiger partial charge in [-0.1, -0.05) is 29.3 Å². The summed E-state index contributed by atoms with van der Waals surface area (Å²) in [4.78, 5) is 1.81. The van der Waals surface area contributed by atoms with Crippen molar-refractivity contribution in [2.24, 2.45) is 5.14 Å². The summed E-state index contributed by atoms with van der Waals surface area (Å²) in [6, 6.07) is 4.87. The molecule has 0 radical (unpaired) electrons. The zero-order chi connectivity index (χ0) is 14.2. The van der Waals surface area contributed by atoms with Gasteiger partial charge in [0.25, 0.3) is 0 Å². The number of benzene rings is 1. The summed E-state index contributed by atoms with van der Waals surface area (Å²) < 4.78 is 22.1. The number of β-amino-alcohol motifs (C(OH)–C–C–N with tert-alkyl or cyclic N) is 1. The molecule has 1 aliphatic rings. The monoisotopic (exact) mass is 324 g/mol. The molecule has 0 saturated carbocycles. The number of halogens is 2. The zero-order valence-electron chi connectivity index (χ0n) is 9.96. The van der Waals surface area contributed by atoms with Gasteiger partial charge in [-0.15, -0.1) is 0 Å². The molecule has 1 heterocycles. The average molecular weight is 325 g/mol. The SMILES string of the molecule is NS(=O)(=O)C1CN(CC(O)c2ccc(Cl)cc2Cl)C1. The zero-order valence-corrected chi connectivity index (χ0v) is 12.3. The van der Waals surface area contributed by atoms with E-state index < -0.39 is 21.4 Å². The molecule has 5 nitrogen and oxygen atoms in total. The molecular weight excluding hydrogens is 311 g/mol. The Morgan fingerprint density at radius 2 is 2.05 bits per heavy atom. The summed E-state index contributed by atoms with van der Waals surface area (Å²) in [6.07, 6.45) is -0.786. The van der Waals surface area contributed by atoms with E-state index in [1.807, 2.05) is 4.90 Å². The van der Waals surface area contributed by atoms with Crippen LogP contribution in [-0.4, -0.2) is 43.3 Å². The highest BCUT2D eigenvalue weighted by molar-refractivity contribution is 7.89. The molecule has 1 saturated heterocycles. The van der Waals surface area contributed by atoms with Crippen LogP contribution in [0.3, 0.4) is 0 Å². The molecule has 1 aliphatic heterocycles. The first-order valence-electron chi connectivity index (χ1n) is 5.64. The number of primary sulfonamides is 1. The Morgan fingerprint density at radius 3 is 2.58 bits per heavy atom. The molecule has 106 valence electrons. The van der Waals surface area contributed by atoms with Crippen LogP contribution in [0.5, 0.6) is 0 Å². The van der Waals surface area contributed by atoms with Gasteiger partial charge in [0.05, 0.1) is 6.10 Å². The van der Waals surface area contributed by atoms with Crippen LogP contribution in [-0.2, 0) is 10.0 Å². The summed E-state index contributed by atoms with van der Waals surface area (Å²) in [6.45, 7) is 0.982. The van der Waals surface area contributed by atoms with Crippen LogP contribution in [0.2, 0.25) is 10.0 Å². The van der Waals surface area contributed by atoms with Crippen molar-refractivity contribution in [3.8, 4) is 0 Å². The summed E-state index contributed by atoms with van der Waals surface area (Å²) in [5.41, 5.74) is 0.574. The van der Waals surface area contributed by atoms with E-state index in [4.69, 9.17) is 28.3 Å². The standard InChI is InChI=1S/C11H14Cl2N2O3S/c12-7-1-2-9(10(13)3-7)11(16)6-15-4-8(5-15)19(14,17)18/h1-3,8,11,16H,4-6H2,(H2,14,17,18). The van der Waals surface area contributed by atoms with Crippen molar-refractivity contribution < 1.29 is 13.5 Å². The lowest BCUT2D eigenvalue weighted by atomic mass is 10.1. The number of aliphatic hydroxyl groups is 1. The van der Waals surface area contributed by atoms with E-state index in [2.05, 4.69) is 0 Å². The Kier molecular flexibility index (Phi) is 4.39. The molecule has 1 unspecified atom stereocenters. The highest BCUT2D eigenvalue weighted by Gasteiger charge is 2.36. The smallest absolute Gasteiger partial charge is 0.214 e. The Morgan fingerprint density at radius 1 is 1.42 bits per heavy atom. The lowest BCUT2D eigenvalue weighted by Crippen LogP contribution is -2.57. The van der Waals surface area contributed by atoms with Gasteiger partial charge in [-0.2, -0.15) is 0 Å². The summed E-state index contributed by atoms with van der Waals surface area (Å²) >= 11 is 11.8. The molecule has 3 N–H and O–H groups in total. The quantitative estimate of drug-likeness (QED) is 0.865. The average Bonchev–Trinajstić information content (AvgIpc) is 2.20. The molecule has 1 fully saturated rings. The fourth-order valence-electron chi connectivity index (χ4n) is 1.99. The number of aliphatic hydroxyl groups excluding tert-OH is 1. The van der Waals surface area contributed by atoms with Gasteiger partial charge in [0.2, 0.25) is 10.0 Å². The maximum Gasteiger partial charge on any atom is 0.214 e. The topological polar surface area (TPSA) is 83.6 Å². The van der Waals surface area contributed by atoms with Crippen molar-refractivity contribution in [2.75, 3.05) is 19.6 Å². The molecule has 19 heavy (non-hydrogen) atoms. The Labute approximate surface area is 122 Å². The third kappa shape index (κ3) is 3.59. The van der Waals surface area contributed by atoms with Gasteiger partial charge < -0.3 is 5.11 Å².